The molecule has 0 aromatic carbocycles. The van der Waals surface area contributed by atoms with Crippen LogP contribution in [-0.4, -0.2) is 35.7 Å². The minimum Gasteiger partial charge on any atom is -0.466 e. The number of rotatable bonds is 5. The maximum absolute atomic E-state index is 11.5. The molecule has 0 radical (unpaired) electrons. The van der Waals surface area contributed by atoms with Crippen LogP contribution in [0.3, 0.4) is 0 Å². The van der Waals surface area contributed by atoms with Gasteiger partial charge in [-0.3, -0.25) is 10.1 Å². The predicted octanol–water partition coefficient (Wildman–Crippen LogP) is 0.672. The van der Waals surface area contributed by atoms with E-state index < -0.39 is 6.10 Å². The fourth-order valence-electron chi connectivity index (χ4n) is 2.26. The Hall–Kier alpha value is -0.650. The molecule has 3 atom stereocenters. The van der Waals surface area contributed by atoms with Crippen LogP contribution in [0.15, 0.2) is 0 Å². The molecule has 5 heteroatoms. The second kappa shape index (κ2) is 4.47. The van der Waals surface area contributed by atoms with Crippen molar-refractivity contribution in [2.45, 2.75) is 26.9 Å². The lowest BCUT2D eigenvalue weighted by molar-refractivity contribution is -0.259. The van der Waals surface area contributed by atoms with Gasteiger partial charge in [0.15, 0.2) is 0 Å². The van der Waals surface area contributed by atoms with Crippen molar-refractivity contribution >= 4 is 5.97 Å². The van der Waals surface area contributed by atoms with Gasteiger partial charge in [-0.1, -0.05) is 13.8 Å². The van der Waals surface area contributed by atoms with E-state index in [2.05, 4.69) is 4.89 Å². The van der Waals surface area contributed by atoms with Gasteiger partial charge in [-0.25, -0.2) is 4.89 Å². The summed E-state index contributed by atoms with van der Waals surface area (Å²) in [7, 11) is 0. The fourth-order valence-corrected chi connectivity index (χ4v) is 2.26. The first-order valence-electron chi connectivity index (χ1n) is 5.07. The third-order valence-electron chi connectivity index (χ3n) is 3.11. The van der Waals surface area contributed by atoms with Crippen molar-refractivity contribution in [3.8, 4) is 0 Å². The van der Waals surface area contributed by atoms with E-state index in [4.69, 9.17) is 9.99 Å². The van der Waals surface area contributed by atoms with Gasteiger partial charge in [0, 0.05) is 5.92 Å². The van der Waals surface area contributed by atoms with Gasteiger partial charge in [0.05, 0.1) is 18.6 Å². The first-order valence-corrected chi connectivity index (χ1v) is 5.07. The van der Waals surface area contributed by atoms with Gasteiger partial charge in [-0.05, 0) is 12.3 Å². The van der Waals surface area contributed by atoms with Crippen molar-refractivity contribution in [3.05, 3.63) is 0 Å². The van der Waals surface area contributed by atoms with Crippen LogP contribution in [0.2, 0.25) is 0 Å². The first kappa shape index (κ1) is 12.4. The molecular weight excluding hydrogens is 200 g/mol. The lowest BCUT2D eigenvalue weighted by atomic mass is 10.1. The molecular formula is C10H18O5. The van der Waals surface area contributed by atoms with Crippen LogP contribution in [0.5, 0.6) is 0 Å². The van der Waals surface area contributed by atoms with E-state index in [1.54, 1.807) is 6.92 Å². The summed E-state index contributed by atoms with van der Waals surface area (Å²) in [5.74, 6) is -0.796. The molecule has 0 aromatic rings. The van der Waals surface area contributed by atoms with Gasteiger partial charge in [0.2, 0.25) is 0 Å². The minimum atomic E-state index is -0.834. The van der Waals surface area contributed by atoms with Gasteiger partial charge in [-0.2, -0.15) is 0 Å². The van der Waals surface area contributed by atoms with E-state index in [-0.39, 0.29) is 29.8 Å². The molecule has 2 N–H and O–H groups in total. The monoisotopic (exact) mass is 218 g/mol. The molecule has 0 heterocycles. The van der Waals surface area contributed by atoms with Crippen LogP contribution in [0.1, 0.15) is 20.8 Å². The standard InChI is InChI=1S/C10H18O5/c1-4-14-9(12)8-7(10(8,2)3)6(11)5-15-13/h6-8,11,13H,4-5H2,1-3H3. The minimum absolute atomic E-state index is 0.177. The molecule has 0 bridgehead atoms. The number of aliphatic hydroxyl groups is 1. The Labute approximate surface area is 88.9 Å². The summed E-state index contributed by atoms with van der Waals surface area (Å²) in [6, 6.07) is 0. The van der Waals surface area contributed by atoms with Gasteiger partial charge in [0.25, 0.3) is 0 Å². The summed E-state index contributed by atoms with van der Waals surface area (Å²) >= 11 is 0. The lowest BCUT2D eigenvalue weighted by Crippen LogP contribution is -2.20. The van der Waals surface area contributed by atoms with Gasteiger partial charge < -0.3 is 9.84 Å². The van der Waals surface area contributed by atoms with Crippen LogP contribution in [0, 0.1) is 17.3 Å². The van der Waals surface area contributed by atoms with Crippen molar-refractivity contribution < 1.29 is 24.8 Å². The Morgan fingerprint density at radius 3 is 2.60 bits per heavy atom. The Kier molecular flexibility index (Phi) is 3.70. The largest absolute Gasteiger partial charge is 0.466 e. The quantitative estimate of drug-likeness (QED) is 0.403. The normalized spacial score (nSPS) is 29.7. The molecule has 1 fully saturated rings. The fraction of sp³-hybridized carbons (Fsp3) is 0.900. The van der Waals surface area contributed by atoms with Crippen molar-refractivity contribution in [2.75, 3.05) is 13.2 Å². The molecule has 0 spiro atoms. The predicted molar refractivity (Wildman–Crippen MR) is 52.0 cm³/mol. The maximum atomic E-state index is 11.5. The molecule has 3 unspecified atom stereocenters. The molecule has 1 aliphatic rings. The zero-order chi connectivity index (χ0) is 11.6. The van der Waals surface area contributed by atoms with Gasteiger partial charge >= 0.3 is 5.97 Å². The zero-order valence-corrected chi connectivity index (χ0v) is 9.27. The molecule has 1 saturated carbocycles. The number of aliphatic hydroxyl groups excluding tert-OH is 1. The highest BCUT2D eigenvalue weighted by atomic mass is 17.1. The molecule has 0 amide bonds. The Morgan fingerprint density at radius 2 is 2.13 bits per heavy atom. The molecule has 1 aliphatic carbocycles. The van der Waals surface area contributed by atoms with E-state index in [0.717, 1.165) is 0 Å². The summed E-state index contributed by atoms with van der Waals surface area (Å²) in [6.07, 6.45) is -0.834. The van der Waals surface area contributed by atoms with Crippen molar-refractivity contribution in [1.82, 2.24) is 0 Å². The Morgan fingerprint density at radius 1 is 1.53 bits per heavy atom. The van der Waals surface area contributed by atoms with Crippen molar-refractivity contribution in [3.63, 3.8) is 0 Å². The summed E-state index contributed by atoms with van der Waals surface area (Å²) < 4.78 is 4.91. The summed E-state index contributed by atoms with van der Waals surface area (Å²) in [4.78, 5) is 15.4. The Balaban J connectivity index is 2.58. The smallest absolute Gasteiger partial charge is 0.309 e. The molecule has 15 heavy (non-hydrogen) atoms. The maximum Gasteiger partial charge on any atom is 0.309 e. The number of hydrogen-bond donors (Lipinski definition) is 2. The molecule has 0 saturated heterocycles. The molecule has 88 valence electrons. The highest BCUT2D eigenvalue weighted by Gasteiger charge is 2.65. The first-order chi connectivity index (χ1) is 6.96. The van der Waals surface area contributed by atoms with Crippen molar-refractivity contribution in [2.24, 2.45) is 17.3 Å². The average molecular weight is 218 g/mol. The molecule has 5 nitrogen and oxygen atoms in total. The lowest BCUT2D eigenvalue weighted by Gasteiger charge is -2.08. The number of hydrogen-bond acceptors (Lipinski definition) is 5. The zero-order valence-electron chi connectivity index (χ0n) is 9.27. The number of ether oxygens (including phenoxy) is 1. The third-order valence-corrected chi connectivity index (χ3v) is 3.11. The number of carbonyl (C=O) groups excluding carboxylic acids is 1. The van der Waals surface area contributed by atoms with Gasteiger partial charge in [0.1, 0.15) is 6.61 Å². The van der Waals surface area contributed by atoms with Crippen molar-refractivity contribution in [1.29, 1.82) is 0 Å². The van der Waals surface area contributed by atoms with Crippen LogP contribution in [-0.2, 0) is 14.4 Å². The molecule has 0 aromatic heterocycles. The van der Waals surface area contributed by atoms with Crippen LogP contribution in [0.4, 0.5) is 0 Å². The number of carbonyl (C=O) groups is 1. The second-order valence-electron chi connectivity index (χ2n) is 4.44. The SMILES string of the molecule is CCOC(=O)C1C(C(O)COO)C1(C)C. The van der Waals surface area contributed by atoms with Crippen LogP contribution < -0.4 is 0 Å². The van der Waals surface area contributed by atoms with Crippen LogP contribution >= 0.6 is 0 Å². The van der Waals surface area contributed by atoms with Crippen LogP contribution in [0.25, 0.3) is 0 Å². The van der Waals surface area contributed by atoms with E-state index in [1.807, 2.05) is 13.8 Å². The Bertz CT molecular complexity index is 238. The molecule has 1 rings (SSSR count). The number of esters is 1. The third kappa shape index (κ3) is 2.30. The highest BCUT2D eigenvalue weighted by Crippen LogP contribution is 2.60. The summed E-state index contributed by atoms with van der Waals surface area (Å²) in [5.41, 5.74) is -0.288. The second-order valence-corrected chi connectivity index (χ2v) is 4.44. The van der Waals surface area contributed by atoms with E-state index >= 15 is 0 Å². The average Bonchev–Trinajstić information content (AvgIpc) is 2.70. The van der Waals surface area contributed by atoms with E-state index in [0.29, 0.717) is 6.61 Å². The van der Waals surface area contributed by atoms with E-state index in [9.17, 15) is 9.90 Å². The van der Waals surface area contributed by atoms with Gasteiger partial charge in [-0.15, -0.1) is 0 Å². The molecule has 0 aliphatic heterocycles. The topological polar surface area (TPSA) is 76.0 Å². The summed E-state index contributed by atoms with van der Waals surface area (Å²) in [5, 5.41) is 17.9. The summed E-state index contributed by atoms with van der Waals surface area (Å²) in [6.45, 7) is 5.68. The van der Waals surface area contributed by atoms with E-state index in [1.165, 1.54) is 0 Å². The highest BCUT2D eigenvalue weighted by molar-refractivity contribution is 5.77.